The van der Waals surface area contributed by atoms with Crippen LogP contribution >= 0.6 is 0 Å². The molecular weight excluding hydrogens is 234 g/mol. The number of anilines is 1. The van der Waals surface area contributed by atoms with Crippen LogP contribution in [0.2, 0.25) is 0 Å². The van der Waals surface area contributed by atoms with Gasteiger partial charge in [-0.1, -0.05) is 36.4 Å². The zero-order valence-corrected chi connectivity index (χ0v) is 11.0. The van der Waals surface area contributed by atoms with E-state index in [1.54, 1.807) is 0 Å². The van der Waals surface area contributed by atoms with Gasteiger partial charge >= 0.3 is 0 Å². The summed E-state index contributed by atoms with van der Waals surface area (Å²) in [5.41, 5.74) is 8.12. The van der Waals surface area contributed by atoms with Crippen LogP contribution in [-0.4, -0.2) is 18.1 Å². The number of nitrogens with zero attached hydrogens (tertiary/aromatic N) is 2. The van der Waals surface area contributed by atoms with E-state index < -0.39 is 0 Å². The minimum atomic E-state index is 0.555. The van der Waals surface area contributed by atoms with Gasteiger partial charge in [0.1, 0.15) is 5.82 Å². The highest BCUT2D eigenvalue weighted by Gasteiger charge is 2.24. The fourth-order valence-electron chi connectivity index (χ4n) is 2.69. The molecule has 3 rings (SSSR count). The second-order valence-corrected chi connectivity index (χ2v) is 5.07. The predicted molar refractivity (Wildman–Crippen MR) is 78.1 cm³/mol. The number of pyridine rings is 1. The van der Waals surface area contributed by atoms with Crippen LogP contribution in [0.3, 0.4) is 0 Å². The van der Waals surface area contributed by atoms with Gasteiger partial charge in [0.15, 0.2) is 0 Å². The molecule has 1 fully saturated rings. The monoisotopic (exact) mass is 253 g/mol. The lowest BCUT2D eigenvalue weighted by atomic mass is 9.99. The molecule has 1 atom stereocenters. The molecule has 0 aliphatic carbocycles. The Kier molecular flexibility index (Phi) is 3.47. The number of hydrogen-bond donors (Lipinski definition) is 1. The van der Waals surface area contributed by atoms with Gasteiger partial charge in [-0.05, 0) is 23.6 Å². The molecule has 1 aliphatic rings. The maximum atomic E-state index is 5.60. The van der Waals surface area contributed by atoms with Crippen molar-refractivity contribution < 1.29 is 0 Å². The fraction of sp³-hybridized carbons (Fsp3) is 0.312. The van der Waals surface area contributed by atoms with Crippen molar-refractivity contribution in [2.45, 2.75) is 18.9 Å². The Morgan fingerprint density at radius 2 is 2.00 bits per heavy atom. The smallest absolute Gasteiger partial charge is 0.128 e. The van der Waals surface area contributed by atoms with Crippen molar-refractivity contribution in [1.82, 2.24) is 4.98 Å². The molecule has 2 N–H and O–H groups in total. The lowest BCUT2D eigenvalue weighted by Gasteiger charge is -2.17. The number of nitrogens with two attached hydrogens (primary N) is 1. The lowest BCUT2D eigenvalue weighted by molar-refractivity contribution is 0.774. The Morgan fingerprint density at radius 3 is 2.68 bits per heavy atom. The second kappa shape index (κ2) is 5.41. The van der Waals surface area contributed by atoms with E-state index >= 15 is 0 Å². The van der Waals surface area contributed by atoms with Crippen LogP contribution in [-0.2, 0) is 6.54 Å². The van der Waals surface area contributed by atoms with Crippen molar-refractivity contribution in [3.63, 3.8) is 0 Å². The first-order valence-corrected chi connectivity index (χ1v) is 6.81. The summed E-state index contributed by atoms with van der Waals surface area (Å²) in [6.45, 7) is 2.69. The van der Waals surface area contributed by atoms with Crippen molar-refractivity contribution >= 4 is 5.82 Å². The molecule has 1 aromatic heterocycles. The summed E-state index contributed by atoms with van der Waals surface area (Å²) < 4.78 is 0. The van der Waals surface area contributed by atoms with Crippen LogP contribution in [0.5, 0.6) is 0 Å². The molecule has 1 aliphatic heterocycles. The highest BCUT2D eigenvalue weighted by molar-refractivity contribution is 5.42. The van der Waals surface area contributed by atoms with Crippen LogP contribution in [0.1, 0.15) is 23.5 Å². The SMILES string of the molecule is NCc1ccc(N2CCC(c3ccccc3)C2)nc1. The van der Waals surface area contributed by atoms with Crippen LogP contribution in [0.4, 0.5) is 5.82 Å². The number of benzene rings is 1. The summed E-state index contributed by atoms with van der Waals surface area (Å²) in [6.07, 6.45) is 3.08. The molecule has 19 heavy (non-hydrogen) atoms. The Morgan fingerprint density at radius 1 is 1.16 bits per heavy atom. The van der Waals surface area contributed by atoms with Gasteiger partial charge in [-0.3, -0.25) is 0 Å². The zero-order valence-electron chi connectivity index (χ0n) is 11.0. The van der Waals surface area contributed by atoms with Crippen molar-refractivity contribution in [3.8, 4) is 0 Å². The number of aromatic nitrogens is 1. The minimum absolute atomic E-state index is 0.555. The maximum Gasteiger partial charge on any atom is 0.128 e. The summed E-state index contributed by atoms with van der Waals surface area (Å²) in [4.78, 5) is 6.86. The Hall–Kier alpha value is -1.87. The zero-order chi connectivity index (χ0) is 13.1. The minimum Gasteiger partial charge on any atom is -0.356 e. The van der Waals surface area contributed by atoms with Crippen LogP contribution in [0, 0.1) is 0 Å². The first kappa shape index (κ1) is 12.2. The highest BCUT2D eigenvalue weighted by Crippen LogP contribution is 2.29. The van der Waals surface area contributed by atoms with Crippen molar-refractivity contribution in [3.05, 3.63) is 59.8 Å². The van der Waals surface area contributed by atoms with Crippen molar-refractivity contribution in [2.24, 2.45) is 5.73 Å². The quantitative estimate of drug-likeness (QED) is 0.914. The average molecular weight is 253 g/mol. The summed E-state index contributed by atoms with van der Waals surface area (Å²) in [6, 6.07) is 14.9. The molecule has 2 aromatic rings. The molecule has 1 aromatic carbocycles. The highest BCUT2D eigenvalue weighted by atomic mass is 15.2. The molecule has 0 bridgehead atoms. The van der Waals surface area contributed by atoms with Gasteiger partial charge in [0, 0.05) is 31.7 Å². The normalized spacial score (nSPS) is 18.8. The summed E-state index contributed by atoms with van der Waals surface area (Å²) >= 11 is 0. The van der Waals surface area contributed by atoms with E-state index in [1.807, 2.05) is 6.20 Å². The molecule has 0 radical (unpaired) electrons. The molecule has 3 nitrogen and oxygen atoms in total. The Balaban J connectivity index is 1.71. The molecule has 0 spiro atoms. The predicted octanol–water partition coefficient (Wildman–Crippen LogP) is 2.53. The van der Waals surface area contributed by atoms with E-state index in [1.165, 1.54) is 12.0 Å². The van der Waals surface area contributed by atoms with Gasteiger partial charge in [0.05, 0.1) is 0 Å². The summed E-state index contributed by atoms with van der Waals surface area (Å²) in [5.74, 6) is 1.69. The van der Waals surface area contributed by atoms with E-state index in [4.69, 9.17) is 5.73 Å². The molecule has 0 amide bonds. The summed E-state index contributed by atoms with van der Waals surface area (Å²) in [5, 5.41) is 0. The van der Waals surface area contributed by atoms with Gasteiger partial charge < -0.3 is 10.6 Å². The molecule has 1 saturated heterocycles. The first-order valence-electron chi connectivity index (χ1n) is 6.81. The van der Waals surface area contributed by atoms with Crippen LogP contribution < -0.4 is 10.6 Å². The average Bonchev–Trinajstić information content (AvgIpc) is 2.98. The third kappa shape index (κ3) is 2.61. The van der Waals surface area contributed by atoms with Crippen molar-refractivity contribution in [2.75, 3.05) is 18.0 Å². The second-order valence-electron chi connectivity index (χ2n) is 5.07. The van der Waals surface area contributed by atoms with Crippen LogP contribution in [0.15, 0.2) is 48.7 Å². The third-order valence-electron chi connectivity index (χ3n) is 3.83. The van der Waals surface area contributed by atoms with E-state index in [2.05, 4.69) is 52.3 Å². The molecule has 1 unspecified atom stereocenters. The van der Waals surface area contributed by atoms with E-state index in [9.17, 15) is 0 Å². The van der Waals surface area contributed by atoms with E-state index in [0.717, 1.165) is 24.5 Å². The standard InChI is InChI=1S/C16H19N3/c17-10-13-6-7-16(18-11-13)19-9-8-15(12-19)14-4-2-1-3-5-14/h1-7,11,15H,8-10,12,17H2. The Labute approximate surface area is 114 Å². The molecule has 2 heterocycles. The fourth-order valence-corrected chi connectivity index (χ4v) is 2.69. The van der Waals surface area contributed by atoms with E-state index in [0.29, 0.717) is 12.5 Å². The maximum absolute atomic E-state index is 5.60. The van der Waals surface area contributed by atoms with Gasteiger partial charge in [-0.25, -0.2) is 4.98 Å². The molecular formula is C16H19N3. The van der Waals surface area contributed by atoms with Gasteiger partial charge in [0.25, 0.3) is 0 Å². The topological polar surface area (TPSA) is 42.1 Å². The van der Waals surface area contributed by atoms with Gasteiger partial charge in [0.2, 0.25) is 0 Å². The molecule has 0 saturated carbocycles. The largest absolute Gasteiger partial charge is 0.356 e. The first-order chi connectivity index (χ1) is 9.36. The summed E-state index contributed by atoms with van der Waals surface area (Å²) in [7, 11) is 0. The van der Waals surface area contributed by atoms with Gasteiger partial charge in [-0.2, -0.15) is 0 Å². The lowest BCUT2D eigenvalue weighted by Crippen LogP contribution is -2.20. The Bertz CT molecular complexity index is 521. The van der Waals surface area contributed by atoms with Crippen LogP contribution in [0.25, 0.3) is 0 Å². The number of hydrogen-bond acceptors (Lipinski definition) is 3. The number of rotatable bonds is 3. The van der Waals surface area contributed by atoms with Gasteiger partial charge in [-0.15, -0.1) is 0 Å². The van der Waals surface area contributed by atoms with Crippen molar-refractivity contribution in [1.29, 1.82) is 0 Å². The molecule has 98 valence electrons. The van der Waals surface area contributed by atoms with E-state index in [-0.39, 0.29) is 0 Å². The third-order valence-corrected chi connectivity index (χ3v) is 3.83. The molecule has 3 heteroatoms.